The minimum absolute atomic E-state index is 0.0506. The molecule has 18 heavy (non-hydrogen) atoms. The van der Waals surface area contributed by atoms with Crippen LogP contribution >= 0.6 is 0 Å². The van der Waals surface area contributed by atoms with Crippen molar-refractivity contribution in [2.75, 3.05) is 13.6 Å². The third kappa shape index (κ3) is 4.37. The third-order valence-corrected chi connectivity index (χ3v) is 2.89. The Balaban J connectivity index is 2.50. The van der Waals surface area contributed by atoms with E-state index in [1.807, 2.05) is 6.92 Å². The minimum Gasteiger partial charge on any atom is -0.508 e. The lowest BCUT2D eigenvalue weighted by Crippen LogP contribution is -2.30. The molecule has 0 heterocycles. The number of hydrogen-bond donors (Lipinski definition) is 2. The van der Waals surface area contributed by atoms with E-state index in [1.54, 1.807) is 24.1 Å². The van der Waals surface area contributed by atoms with Crippen molar-refractivity contribution < 1.29 is 15.0 Å². The van der Waals surface area contributed by atoms with E-state index in [9.17, 15) is 9.90 Å². The number of hydrogen-bond acceptors (Lipinski definition) is 3. The monoisotopic (exact) mass is 251 g/mol. The van der Waals surface area contributed by atoms with E-state index in [0.29, 0.717) is 12.0 Å². The summed E-state index contributed by atoms with van der Waals surface area (Å²) in [5.41, 5.74) is 0.697. The van der Waals surface area contributed by atoms with Gasteiger partial charge in [-0.1, -0.05) is 25.5 Å². The Morgan fingerprint density at radius 1 is 1.33 bits per heavy atom. The Kier molecular flexibility index (Phi) is 5.65. The van der Waals surface area contributed by atoms with Crippen molar-refractivity contribution in [2.45, 2.75) is 32.3 Å². The first-order chi connectivity index (χ1) is 8.54. The average molecular weight is 251 g/mol. The number of unbranched alkanes of at least 4 members (excludes halogenated alkanes) is 1. The second-order valence-electron chi connectivity index (χ2n) is 4.49. The number of benzene rings is 1. The molecular formula is C14H21NO3. The van der Waals surface area contributed by atoms with Crippen molar-refractivity contribution in [2.24, 2.45) is 0 Å². The minimum atomic E-state index is -0.721. The van der Waals surface area contributed by atoms with Crippen molar-refractivity contribution >= 4 is 5.91 Å². The van der Waals surface area contributed by atoms with Gasteiger partial charge in [0.1, 0.15) is 5.75 Å². The standard InChI is InChI=1S/C14H21NO3/c1-3-4-5-14(18)15(2)10-13(17)11-6-8-12(16)9-7-11/h6-9,13,16-17H,3-5,10H2,1-2H3. The summed E-state index contributed by atoms with van der Waals surface area (Å²) < 4.78 is 0. The molecule has 4 nitrogen and oxygen atoms in total. The number of amides is 1. The van der Waals surface area contributed by atoms with Gasteiger partial charge in [-0.05, 0) is 24.1 Å². The molecular weight excluding hydrogens is 230 g/mol. The predicted octanol–water partition coefficient (Wildman–Crippen LogP) is 2.07. The molecule has 0 spiro atoms. The number of carbonyl (C=O) groups is 1. The van der Waals surface area contributed by atoms with Crippen LogP contribution in [-0.2, 0) is 4.79 Å². The molecule has 0 fully saturated rings. The van der Waals surface area contributed by atoms with Crippen molar-refractivity contribution in [3.63, 3.8) is 0 Å². The zero-order valence-corrected chi connectivity index (χ0v) is 11.0. The second kappa shape index (κ2) is 7.01. The Hall–Kier alpha value is -1.55. The van der Waals surface area contributed by atoms with Crippen LogP contribution in [0.5, 0.6) is 5.75 Å². The van der Waals surface area contributed by atoms with Gasteiger partial charge in [0.05, 0.1) is 12.6 Å². The molecule has 0 saturated carbocycles. The fourth-order valence-electron chi connectivity index (χ4n) is 1.68. The number of aliphatic hydroxyl groups is 1. The van der Waals surface area contributed by atoms with Gasteiger partial charge < -0.3 is 15.1 Å². The SMILES string of the molecule is CCCCC(=O)N(C)CC(O)c1ccc(O)cc1. The summed E-state index contributed by atoms with van der Waals surface area (Å²) in [7, 11) is 1.70. The average Bonchev–Trinajstić information content (AvgIpc) is 2.36. The molecule has 4 heteroatoms. The molecule has 1 atom stereocenters. The molecule has 1 aromatic rings. The van der Waals surface area contributed by atoms with Crippen LogP contribution in [-0.4, -0.2) is 34.6 Å². The summed E-state index contributed by atoms with van der Waals surface area (Å²) in [4.78, 5) is 13.2. The van der Waals surface area contributed by atoms with Gasteiger partial charge in [0.2, 0.25) is 5.91 Å². The molecule has 0 aliphatic carbocycles. The number of aromatic hydroxyl groups is 1. The molecule has 100 valence electrons. The van der Waals surface area contributed by atoms with Crippen LogP contribution in [0.3, 0.4) is 0 Å². The van der Waals surface area contributed by atoms with Crippen LogP contribution in [0, 0.1) is 0 Å². The maximum Gasteiger partial charge on any atom is 0.222 e. The second-order valence-corrected chi connectivity index (χ2v) is 4.49. The van der Waals surface area contributed by atoms with Crippen LogP contribution in [0.4, 0.5) is 0 Å². The van der Waals surface area contributed by atoms with E-state index in [-0.39, 0.29) is 18.2 Å². The summed E-state index contributed by atoms with van der Waals surface area (Å²) in [6, 6.07) is 6.36. The number of likely N-dealkylation sites (N-methyl/N-ethyl adjacent to an activating group) is 1. The maximum atomic E-state index is 11.7. The molecule has 0 aliphatic rings. The summed E-state index contributed by atoms with van der Waals surface area (Å²) in [6.07, 6.45) is 1.66. The third-order valence-electron chi connectivity index (χ3n) is 2.89. The zero-order chi connectivity index (χ0) is 13.5. The topological polar surface area (TPSA) is 60.8 Å². The highest BCUT2D eigenvalue weighted by Crippen LogP contribution is 2.17. The first kappa shape index (κ1) is 14.5. The number of phenolic OH excluding ortho intramolecular Hbond substituents is 1. The van der Waals surface area contributed by atoms with Gasteiger partial charge in [0.25, 0.3) is 0 Å². The lowest BCUT2D eigenvalue weighted by atomic mass is 10.1. The van der Waals surface area contributed by atoms with Crippen molar-refractivity contribution in [3.8, 4) is 5.75 Å². The van der Waals surface area contributed by atoms with E-state index in [1.165, 1.54) is 12.1 Å². The number of nitrogens with zero attached hydrogens (tertiary/aromatic N) is 1. The van der Waals surface area contributed by atoms with Gasteiger partial charge in [-0.2, -0.15) is 0 Å². The van der Waals surface area contributed by atoms with E-state index in [4.69, 9.17) is 5.11 Å². The smallest absolute Gasteiger partial charge is 0.222 e. The molecule has 1 rings (SSSR count). The molecule has 0 saturated heterocycles. The molecule has 0 aromatic heterocycles. The molecule has 0 aliphatic heterocycles. The normalized spacial score (nSPS) is 12.2. The lowest BCUT2D eigenvalue weighted by Gasteiger charge is -2.21. The van der Waals surface area contributed by atoms with Crippen LogP contribution in [0.15, 0.2) is 24.3 Å². The van der Waals surface area contributed by atoms with E-state index in [0.717, 1.165) is 12.8 Å². The van der Waals surface area contributed by atoms with E-state index in [2.05, 4.69) is 0 Å². The first-order valence-electron chi connectivity index (χ1n) is 6.25. The Labute approximate surface area is 108 Å². The van der Waals surface area contributed by atoms with Gasteiger partial charge in [-0.25, -0.2) is 0 Å². The highest BCUT2D eigenvalue weighted by Gasteiger charge is 2.14. The van der Waals surface area contributed by atoms with Gasteiger partial charge >= 0.3 is 0 Å². The van der Waals surface area contributed by atoms with Crippen LogP contribution in [0.1, 0.15) is 37.9 Å². The number of aliphatic hydroxyl groups excluding tert-OH is 1. The Bertz CT molecular complexity index is 375. The summed E-state index contributed by atoms with van der Waals surface area (Å²) in [5, 5.41) is 19.1. The van der Waals surface area contributed by atoms with Crippen LogP contribution in [0.25, 0.3) is 0 Å². The van der Waals surface area contributed by atoms with Gasteiger partial charge in [0, 0.05) is 13.5 Å². The maximum absolute atomic E-state index is 11.7. The number of rotatable bonds is 6. The van der Waals surface area contributed by atoms with E-state index < -0.39 is 6.10 Å². The van der Waals surface area contributed by atoms with Gasteiger partial charge in [0.15, 0.2) is 0 Å². The predicted molar refractivity (Wildman–Crippen MR) is 70.2 cm³/mol. The number of phenols is 1. The molecule has 0 radical (unpaired) electrons. The first-order valence-corrected chi connectivity index (χ1v) is 6.25. The highest BCUT2D eigenvalue weighted by atomic mass is 16.3. The van der Waals surface area contributed by atoms with Gasteiger partial charge in [-0.15, -0.1) is 0 Å². The van der Waals surface area contributed by atoms with E-state index >= 15 is 0 Å². The van der Waals surface area contributed by atoms with Crippen LogP contribution < -0.4 is 0 Å². The Morgan fingerprint density at radius 2 is 1.94 bits per heavy atom. The zero-order valence-electron chi connectivity index (χ0n) is 11.0. The highest BCUT2D eigenvalue weighted by molar-refractivity contribution is 5.75. The fraction of sp³-hybridized carbons (Fsp3) is 0.500. The molecule has 1 amide bonds. The van der Waals surface area contributed by atoms with Crippen molar-refractivity contribution in [3.05, 3.63) is 29.8 Å². The molecule has 1 aromatic carbocycles. The van der Waals surface area contributed by atoms with Crippen molar-refractivity contribution in [1.82, 2.24) is 4.90 Å². The largest absolute Gasteiger partial charge is 0.508 e. The molecule has 2 N–H and O–H groups in total. The molecule has 1 unspecified atom stereocenters. The quantitative estimate of drug-likeness (QED) is 0.813. The summed E-state index contributed by atoms with van der Waals surface area (Å²) >= 11 is 0. The number of carbonyl (C=O) groups excluding carboxylic acids is 1. The van der Waals surface area contributed by atoms with Crippen LogP contribution in [0.2, 0.25) is 0 Å². The fourth-order valence-corrected chi connectivity index (χ4v) is 1.68. The van der Waals surface area contributed by atoms with Crippen molar-refractivity contribution in [1.29, 1.82) is 0 Å². The Morgan fingerprint density at radius 3 is 2.50 bits per heavy atom. The summed E-state index contributed by atoms with van der Waals surface area (Å²) in [6.45, 7) is 2.31. The molecule has 0 bridgehead atoms. The summed E-state index contributed by atoms with van der Waals surface area (Å²) in [5.74, 6) is 0.216. The lowest BCUT2D eigenvalue weighted by molar-refractivity contribution is -0.131. The van der Waals surface area contributed by atoms with Gasteiger partial charge in [-0.3, -0.25) is 4.79 Å².